The van der Waals surface area contributed by atoms with Crippen molar-refractivity contribution in [3.8, 4) is 11.1 Å². The summed E-state index contributed by atoms with van der Waals surface area (Å²) in [4.78, 5) is 36.9. The van der Waals surface area contributed by atoms with Gasteiger partial charge >= 0.3 is 12.1 Å². The van der Waals surface area contributed by atoms with E-state index in [2.05, 4.69) is 34.9 Å². The van der Waals surface area contributed by atoms with E-state index in [9.17, 15) is 14.4 Å². The van der Waals surface area contributed by atoms with Gasteiger partial charge in [-0.25, -0.2) is 4.79 Å². The van der Waals surface area contributed by atoms with Crippen LogP contribution in [0.5, 0.6) is 0 Å². The summed E-state index contributed by atoms with van der Waals surface area (Å²) in [5, 5.41) is 14.9. The molecule has 3 unspecified atom stereocenters. The SMILES string of the molecule is CCC(CCC(=O)O)NC(=O)C1(C)CCCC1NC(=O)OCC1c2ccccc2-c2ccccc21. The van der Waals surface area contributed by atoms with Gasteiger partial charge in [0.25, 0.3) is 0 Å². The minimum Gasteiger partial charge on any atom is -0.481 e. The van der Waals surface area contributed by atoms with E-state index in [1.54, 1.807) is 0 Å². The molecule has 7 heteroatoms. The van der Waals surface area contributed by atoms with E-state index in [1.807, 2.05) is 38.1 Å². The number of rotatable bonds is 9. The second kappa shape index (κ2) is 10.5. The zero-order valence-electron chi connectivity index (χ0n) is 20.4. The van der Waals surface area contributed by atoms with Crippen molar-refractivity contribution < 1.29 is 24.2 Å². The van der Waals surface area contributed by atoms with Gasteiger partial charge in [0, 0.05) is 24.4 Å². The number of ether oxygens (including phenoxy) is 1. The molecular weight excluding hydrogens is 444 g/mol. The molecule has 0 saturated heterocycles. The molecule has 3 atom stereocenters. The third-order valence-electron chi connectivity index (χ3n) is 7.65. The Morgan fingerprint density at radius 2 is 1.71 bits per heavy atom. The molecule has 4 rings (SSSR count). The average Bonchev–Trinajstić information content (AvgIpc) is 3.38. The summed E-state index contributed by atoms with van der Waals surface area (Å²) in [6.45, 7) is 4.02. The smallest absolute Gasteiger partial charge is 0.407 e. The lowest BCUT2D eigenvalue weighted by Gasteiger charge is -2.32. The first-order valence-corrected chi connectivity index (χ1v) is 12.5. The van der Waals surface area contributed by atoms with Gasteiger partial charge in [0.15, 0.2) is 0 Å². The number of alkyl carbamates (subject to hydrolysis) is 1. The van der Waals surface area contributed by atoms with Crippen molar-refractivity contribution in [2.24, 2.45) is 5.41 Å². The van der Waals surface area contributed by atoms with Gasteiger partial charge < -0.3 is 20.5 Å². The predicted octanol–water partition coefficient (Wildman–Crippen LogP) is 4.84. The monoisotopic (exact) mass is 478 g/mol. The molecule has 2 aromatic rings. The van der Waals surface area contributed by atoms with Gasteiger partial charge in [-0.05, 0) is 54.9 Å². The number of carbonyl (C=O) groups excluding carboxylic acids is 2. The molecule has 0 aliphatic heterocycles. The zero-order valence-corrected chi connectivity index (χ0v) is 20.4. The molecular formula is C28H34N2O5. The summed E-state index contributed by atoms with van der Waals surface area (Å²) in [6.07, 6.45) is 2.71. The fourth-order valence-corrected chi connectivity index (χ4v) is 5.48. The van der Waals surface area contributed by atoms with Crippen LogP contribution in [0.15, 0.2) is 48.5 Å². The van der Waals surface area contributed by atoms with Gasteiger partial charge in [-0.1, -0.05) is 61.9 Å². The molecule has 1 saturated carbocycles. The molecule has 35 heavy (non-hydrogen) atoms. The number of fused-ring (bicyclic) bond motifs is 3. The largest absolute Gasteiger partial charge is 0.481 e. The van der Waals surface area contributed by atoms with E-state index in [-0.39, 0.29) is 36.9 Å². The minimum absolute atomic E-state index is 0.0108. The van der Waals surface area contributed by atoms with Crippen LogP contribution in [0.25, 0.3) is 11.1 Å². The lowest BCUT2D eigenvalue weighted by atomic mass is 9.83. The van der Waals surface area contributed by atoms with Gasteiger partial charge in [0.05, 0.1) is 5.41 Å². The summed E-state index contributed by atoms with van der Waals surface area (Å²) < 4.78 is 5.69. The molecule has 2 aliphatic rings. The van der Waals surface area contributed by atoms with Gasteiger partial charge in [-0.3, -0.25) is 9.59 Å². The number of nitrogens with one attached hydrogen (secondary N) is 2. The fraction of sp³-hybridized carbons (Fsp3) is 0.464. The van der Waals surface area contributed by atoms with Crippen LogP contribution in [0.1, 0.15) is 69.4 Å². The average molecular weight is 479 g/mol. The summed E-state index contributed by atoms with van der Waals surface area (Å²) in [5.74, 6) is -1.04. The maximum absolute atomic E-state index is 13.2. The van der Waals surface area contributed by atoms with Crippen LogP contribution < -0.4 is 10.6 Å². The van der Waals surface area contributed by atoms with Crippen molar-refractivity contribution in [3.63, 3.8) is 0 Å². The van der Waals surface area contributed by atoms with Crippen LogP contribution in [-0.2, 0) is 14.3 Å². The van der Waals surface area contributed by atoms with E-state index in [1.165, 1.54) is 11.1 Å². The topological polar surface area (TPSA) is 105 Å². The minimum atomic E-state index is -0.875. The Morgan fingerprint density at radius 3 is 2.31 bits per heavy atom. The second-order valence-corrected chi connectivity index (χ2v) is 9.84. The first kappa shape index (κ1) is 24.8. The summed E-state index contributed by atoms with van der Waals surface area (Å²) in [7, 11) is 0. The summed E-state index contributed by atoms with van der Waals surface area (Å²) >= 11 is 0. The first-order chi connectivity index (χ1) is 16.8. The van der Waals surface area contributed by atoms with Gasteiger partial charge in [0.1, 0.15) is 6.61 Å². The molecule has 186 valence electrons. The number of carbonyl (C=O) groups is 3. The maximum Gasteiger partial charge on any atom is 0.407 e. The Kier molecular flexibility index (Phi) is 7.43. The van der Waals surface area contributed by atoms with E-state index >= 15 is 0 Å². The summed E-state index contributed by atoms with van der Waals surface area (Å²) in [5.41, 5.74) is 3.88. The van der Waals surface area contributed by atoms with Gasteiger partial charge in [0.2, 0.25) is 5.91 Å². The molecule has 0 aromatic heterocycles. The summed E-state index contributed by atoms with van der Waals surface area (Å²) in [6, 6.07) is 15.8. The number of benzene rings is 2. The standard InChI is InChI=1S/C28H34N2O5/c1-3-18(14-15-25(31)32)29-26(33)28(2)16-8-13-24(28)30-27(34)35-17-23-21-11-6-4-9-19(21)20-10-5-7-12-22(20)23/h4-7,9-12,18,23-24H,3,8,13-17H2,1-2H3,(H,29,33)(H,30,34)(H,31,32). The van der Waals surface area contributed by atoms with E-state index in [0.717, 1.165) is 17.5 Å². The Morgan fingerprint density at radius 1 is 1.09 bits per heavy atom. The highest BCUT2D eigenvalue weighted by Crippen LogP contribution is 2.44. The molecule has 0 spiro atoms. The Bertz CT molecular complexity index is 1050. The maximum atomic E-state index is 13.2. The third kappa shape index (κ3) is 5.19. The van der Waals surface area contributed by atoms with Crippen LogP contribution in [0.3, 0.4) is 0 Å². The number of amides is 2. The van der Waals surface area contributed by atoms with Crippen LogP contribution in [0.2, 0.25) is 0 Å². The number of carboxylic acid groups (broad SMARTS) is 1. The van der Waals surface area contributed by atoms with Crippen molar-refractivity contribution >= 4 is 18.0 Å². The van der Waals surface area contributed by atoms with Crippen molar-refractivity contribution in [2.75, 3.05) is 6.61 Å². The third-order valence-corrected chi connectivity index (χ3v) is 7.65. The number of hydrogen-bond donors (Lipinski definition) is 3. The quantitative estimate of drug-likeness (QED) is 0.478. The van der Waals surface area contributed by atoms with Crippen molar-refractivity contribution in [2.45, 2.75) is 70.4 Å². The van der Waals surface area contributed by atoms with Crippen molar-refractivity contribution in [3.05, 3.63) is 59.7 Å². The molecule has 2 amide bonds. The number of aliphatic carboxylic acids is 1. The molecule has 7 nitrogen and oxygen atoms in total. The molecule has 0 heterocycles. The van der Waals surface area contributed by atoms with Crippen molar-refractivity contribution in [1.82, 2.24) is 10.6 Å². The van der Waals surface area contributed by atoms with Gasteiger partial charge in [-0.15, -0.1) is 0 Å². The Labute approximate surface area is 206 Å². The van der Waals surface area contributed by atoms with E-state index < -0.39 is 17.5 Å². The van der Waals surface area contributed by atoms with Gasteiger partial charge in [-0.2, -0.15) is 0 Å². The van der Waals surface area contributed by atoms with Crippen molar-refractivity contribution in [1.29, 1.82) is 0 Å². The Balaban J connectivity index is 1.37. The normalized spacial score (nSPS) is 21.6. The van der Waals surface area contributed by atoms with Crippen LogP contribution in [0.4, 0.5) is 4.79 Å². The van der Waals surface area contributed by atoms with E-state index in [4.69, 9.17) is 9.84 Å². The molecule has 0 bridgehead atoms. The molecule has 1 fully saturated rings. The molecule has 2 aromatic carbocycles. The highest BCUT2D eigenvalue weighted by atomic mass is 16.5. The molecule has 2 aliphatic carbocycles. The lowest BCUT2D eigenvalue weighted by molar-refractivity contribution is -0.138. The highest BCUT2D eigenvalue weighted by molar-refractivity contribution is 5.85. The number of carboxylic acids is 1. The molecule has 0 radical (unpaired) electrons. The van der Waals surface area contributed by atoms with Crippen LogP contribution in [0, 0.1) is 5.41 Å². The van der Waals surface area contributed by atoms with Crippen LogP contribution in [-0.4, -0.2) is 41.8 Å². The van der Waals surface area contributed by atoms with E-state index in [0.29, 0.717) is 25.7 Å². The fourth-order valence-electron chi connectivity index (χ4n) is 5.48. The first-order valence-electron chi connectivity index (χ1n) is 12.5. The van der Waals surface area contributed by atoms with Crippen LogP contribution >= 0.6 is 0 Å². The predicted molar refractivity (Wildman–Crippen MR) is 133 cm³/mol. The number of hydrogen-bond acceptors (Lipinski definition) is 4. The lowest BCUT2D eigenvalue weighted by Crippen LogP contribution is -2.53. The molecule has 3 N–H and O–H groups in total. The second-order valence-electron chi connectivity index (χ2n) is 9.84. The highest BCUT2D eigenvalue weighted by Gasteiger charge is 2.46. The Hall–Kier alpha value is -3.35. The zero-order chi connectivity index (χ0) is 25.0.